The summed E-state index contributed by atoms with van der Waals surface area (Å²) in [6.45, 7) is 5.01. The van der Waals surface area contributed by atoms with E-state index >= 15 is 0 Å². The molecule has 1 atom stereocenters. The van der Waals surface area contributed by atoms with Gasteiger partial charge in [0.1, 0.15) is 11.8 Å². The molecule has 172 valence electrons. The van der Waals surface area contributed by atoms with E-state index < -0.39 is 12.0 Å². The Labute approximate surface area is 191 Å². The number of benzene rings is 2. The summed E-state index contributed by atoms with van der Waals surface area (Å²) in [5.41, 5.74) is 3.32. The number of amides is 1. The van der Waals surface area contributed by atoms with Crippen molar-refractivity contribution in [2.75, 3.05) is 0 Å². The largest absolute Gasteiger partial charge is 0.480 e. The van der Waals surface area contributed by atoms with Gasteiger partial charge >= 0.3 is 5.97 Å². The second-order valence-corrected chi connectivity index (χ2v) is 8.25. The van der Waals surface area contributed by atoms with E-state index in [9.17, 15) is 19.5 Å². The lowest BCUT2D eigenvalue weighted by Crippen LogP contribution is -2.47. The number of tetrazole rings is 1. The Bertz CT molecular complexity index is 1110. The third-order valence-electron chi connectivity index (χ3n) is 5.35. The molecule has 3 aromatic rings. The lowest BCUT2D eigenvalue weighted by molar-refractivity contribution is -0.153. The maximum Gasteiger partial charge on any atom is 0.326 e. The lowest BCUT2D eigenvalue weighted by Gasteiger charge is -2.32. The first-order valence-electron chi connectivity index (χ1n) is 10.7. The summed E-state index contributed by atoms with van der Waals surface area (Å²) in [4.78, 5) is 37.7. The SMILES string of the molecule is CC(=O)CCC(=O)N(Cc1ccc(-c2ccccc2)c(-c2nnn[nH]2)c1)[C@H](C(=O)O)C(C)C. The van der Waals surface area contributed by atoms with E-state index in [0.29, 0.717) is 5.82 Å². The van der Waals surface area contributed by atoms with Gasteiger partial charge in [-0.15, -0.1) is 5.10 Å². The van der Waals surface area contributed by atoms with Crippen molar-refractivity contribution < 1.29 is 19.5 Å². The minimum absolute atomic E-state index is 0.0349. The zero-order valence-corrected chi connectivity index (χ0v) is 18.9. The highest BCUT2D eigenvalue weighted by Gasteiger charge is 2.32. The standard InChI is InChI=1S/C24H27N5O4/c1-15(2)22(24(32)33)29(21(31)12-9-16(3)30)14-17-10-11-19(18-7-5-4-6-8-18)20(13-17)23-25-27-28-26-23/h4-8,10-11,13,15,22H,9,12,14H2,1-3H3,(H,32,33)(H,25,26,27,28)/t22-/m0/s1. The van der Waals surface area contributed by atoms with Gasteiger partial charge in [-0.25, -0.2) is 9.89 Å². The summed E-state index contributed by atoms with van der Waals surface area (Å²) >= 11 is 0. The van der Waals surface area contributed by atoms with Gasteiger partial charge in [-0.2, -0.15) is 0 Å². The number of carbonyl (C=O) groups is 3. The van der Waals surface area contributed by atoms with Crippen LogP contribution < -0.4 is 0 Å². The molecular weight excluding hydrogens is 422 g/mol. The lowest BCUT2D eigenvalue weighted by atomic mass is 9.96. The van der Waals surface area contributed by atoms with Crippen LogP contribution in [0.4, 0.5) is 0 Å². The number of hydrogen-bond acceptors (Lipinski definition) is 6. The van der Waals surface area contributed by atoms with Gasteiger partial charge in [-0.3, -0.25) is 4.79 Å². The van der Waals surface area contributed by atoms with E-state index in [2.05, 4.69) is 20.6 Å². The number of H-pyrrole nitrogens is 1. The molecule has 3 rings (SSSR count). The summed E-state index contributed by atoms with van der Waals surface area (Å²) < 4.78 is 0. The second kappa shape index (κ2) is 10.6. The fourth-order valence-electron chi connectivity index (χ4n) is 3.77. The van der Waals surface area contributed by atoms with Crippen molar-refractivity contribution in [2.45, 2.75) is 46.2 Å². The average Bonchev–Trinajstić information content (AvgIpc) is 3.32. The number of Topliss-reactive ketones (excluding diaryl/α,β-unsaturated/α-hetero) is 1. The molecule has 0 saturated heterocycles. The highest BCUT2D eigenvalue weighted by Crippen LogP contribution is 2.31. The first-order chi connectivity index (χ1) is 15.8. The number of aromatic amines is 1. The Hall–Kier alpha value is -3.88. The van der Waals surface area contributed by atoms with E-state index in [4.69, 9.17) is 0 Å². The molecule has 0 radical (unpaired) electrons. The number of aromatic nitrogens is 4. The number of aliphatic carboxylic acids is 1. The van der Waals surface area contributed by atoms with Crippen LogP contribution in [0.5, 0.6) is 0 Å². The average molecular weight is 450 g/mol. The van der Waals surface area contributed by atoms with E-state index in [1.54, 1.807) is 13.8 Å². The third kappa shape index (κ3) is 5.88. The zero-order valence-electron chi connectivity index (χ0n) is 18.9. The van der Waals surface area contributed by atoms with Gasteiger partial charge in [-0.05, 0) is 46.0 Å². The molecule has 1 heterocycles. The molecule has 2 N–H and O–H groups in total. The molecule has 0 aliphatic heterocycles. The van der Waals surface area contributed by atoms with Crippen LogP contribution in [0.25, 0.3) is 22.5 Å². The highest BCUT2D eigenvalue weighted by atomic mass is 16.4. The Kier molecular flexibility index (Phi) is 7.66. The monoisotopic (exact) mass is 449 g/mol. The smallest absolute Gasteiger partial charge is 0.326 e. The predicted octanol–water partition coefficient (Wildman–Crippen LogP) is 3.34. The van der Waals surface area contributed by atoms with Crippen molar-refractivity contribution in [3.63, 3.8) is 0 Å². The summed E-state index contributed by atoms with van der Waals surface area (Å²) in [7, 11) is 0. The van der Waals surface area contributed by atoms with Crippen molar-refractivity contribution in [2.24, 2.45) is 5.92 Å². The summed E-state index contributed by atoms with van der Waals surface area (Å²) in [6, 6.07) is 14.3. The van der Waals surface area contributed by atoms with Crippen LogP contribution in [0, 0.1) is 5.92 Å². The van der Waals surface area contributed by atoms with E-state index in [0.717, 1.165) is 22.3 Å². The molecule has 2 aromatic carbocycles. The molecule has 0 fully saturated rings. The Morgan fingerprint density at radius 2 is 1.76 bits per heavy atom. The van der Waals surface area contributed by atoms with E-state index in [-0.39, 0.29) is 37.0 Å². The first kappa shape index (κ1) is 23.8. The van der Waals surface area contributed by atoms with Crippen LogP contribution in [-0.4, -0.2) is 54.3 Å². The molecule has 0 unspecified atom stereocenters. The van der Waals surface area contributed by atoms with Gasteiger partial charge in [0.15, 0.2) is 5.82 Å². The minimum Gasteiger partial charge on any atom is -0.480 e. The number of nitrogens with zero attached hydrogens (tertiary/aromatic N) is 4. The molecular formula is C24H27N5O4. The summed E-state index contributed by atoms with van der Waals surface area (Å²) in [6.07, 6.45) is 0.0362. The van der Waals surface area contributed by atoms with Crippen LogP contribution in [-0.2, 0) is 20.9 Å². The van der Waals surface area contributed by atoms with Gasteiger partial charge in [-0.1, -0.05) is 56.3 Å². The maximum atomic E-state index is 13.0. The molecule has 0 spiro atoms. The minimum atomic E-state index is -1.08. The van der Waals surface area contributed by atoms with Crippen molar-refractivity contribution in [3.8, 4) is 22.5 Å². The molecule has 33 heavy (non-hydrogen) atoms. The topological polar surface area (TPSA) is 129 Å². The predicted molar refractivity (Wildman–Crippen MR) is 122 cm³/mol. The van der Waals surface area contributed by atoms with Crippen LogP contribution in [0.2, 0.25) is 0 Å². The van der Waals surface area contributed by atoms with Crippen molar-refractivity contribution >= 4 is 17.7 Å². The zero-order chi connectivity index (χ0) is 24.0. The van der Waals surface area contributed by atoms with Gasteiger partial charge in [0.25, 0.3) is 0 Å². The Morgan fingerprint density at radius 3 is 2.33 bits per heavy atom. The molecule has 0 aliphatic carbocycles. The van der Waals surface area contributed by atoms with Gasteiger partial charge in [0.2, 0.25) is 5.91 Å². The van der Waals surface area contributed by atoms with Crippen LogP contribution in [0.3, 0.4) is 0 Å². The number of carbonyl (C=O) groups excluding carboxylic acids is 2. The first-order valence-corrected chi connectivity index (χ1v) is 10.7. The Balaban J connectivity index is 2.01. The molecule has 1 amide bonds. The Morgan fingerprint density at radius 1 is 1.03 bits per heavy atom. The fraction of sp³-hybridized carbons (Fsp3) is 0.333. The quantitative estimate of drug-likeness (QED) is 0.485. The molecule has 9 nitrogen and oxygen atoms in total. The van der Waals surface area contributed by atoms with E-state index in [1.165, 1.54) is 11.8 Å². The molecule has 9 heteroatoms. The van der Waals surface area contributed by atoms with Gasteiger partial charge in [0, 0.05) is 24.9 Å². The van der Waals surface area contributed by atoms with Gasteiger partial charge < -0.3 is 14.8 Å². The number of nitrogens with one attached hydrogen (secondary N) is 1. The number of rotatable bonds is 10. The fourth-order valence-corrected chi connectivity index (χ4v) is 3.77. The van der Waals surface area contributed by atoms with Crippen LogP contribution in [0.1, 0.15) is 39.2 Å². The second-order valence-electron chi connectivity index (χ2n) is 8.25. The van der Waals surface area contributed by atoms with Crippen LogP contribution >= 0.6 is 0 Å². The summed E-state index contributed by atoms with van der Waals surface area (Å²) in [5, 5.41) is 24.0. The number of carboxylic acids is 1. The van der Waals surface area contributed by atoms with Crippen molar-refractivity contribution in [1.82, 2.24) is 25.5 Å². The molecule has 0 aliphatic rings. The molecule has 1 aromatic heterocycles. The highest BCUT2D eigenvalue weighted by molar-refractivity contribution is 5.87. The number of carboxylic acid groups (broad SMARTS) is 1. The molecule has 0 bridgehead atoms. The number of ketones is 1. The third-order valence-corrected chi connectivity index (χ3v) is 5.35. The van der Waals surface area contributed by atoms with Gasteiger partial charge in [0.05, 0.1) is 0 Å². The van der Waals surface area contributed by atoms with Crippen molar-refractivity contribution in [3.05, 3.63) is 54.1 Å². The normalized spacial score (nSPS) is 11.9. The number of hydrogen-bond donors (Lipinski definition) is 2. The van der Waals surface area contributed by atoms with Crippen molar-refractivity contribution in [1.29, 1.82) is 0 Å². The van der Waals surface area contributed by atoms with Crippen LogP contribution in [0.15, 0.2) is 48.5 Å². The van der Waals surface area contributed by atoms with E-state index in [1.807, 2.05) is 48.5 Å². The molecule has 0 saturated carbocycles. The summed E-state index contributed by atoms with van der Waals surface area (Å²) in [5.74, 6) is -1.43. The maximum absolute atomic E-state index is 13.0.